The van der Waals surface area contributed by atoms with Crippen LogP contribution in [0.1, 0.15) is 29.2 Å². The van der Waals surface area contributed by atoms with Crippen LogP contribution < -0.4 is 10.5 Å². The Morgan fingerprint density at radius 1 is 1.05 bits per heavy atom. The predicted molar refractivity (Wildman–Crippen MR) is 84.2 cm³/mol. The van der Waals surface area contributed by atoms with Gasteiger partial charge in [-0.15, -0.1) is 0 Å². The molecular formula is C18H23NO. The van der Waals surface area contributed by atoms with E-state index in [9.17, 15) is 0 Å². The fraction of sp³-hybridized carbons (Fsp3) is 0.333. The Kier molecular flexibility index (Phi) is 4.15. The van der Waals surface area contributed by atoms with Gasteiger partial charge >= 0.3 is 0 Å². The number of hydrogen-bond donors (Lipinski definition) is 1. The van der Waals surface area contributed by atoms with E-state index in [1.165, 1.54) is 16.7 Å². The van der Waals surface area contributed by atoms with Gasteiger partial charge in [-0.2, -0.15) is 0 Å². The van der Waals surface area contributed by atoms with Gasteiger partial charge in [-0.05, 0) is 49.9 Å². The van der Waals surface area contributed by atoms with E-state index in [4.69, 9.17) is 10.5 Å². The Morgan fingerprint density at radius 3 is 2.40 bits per heavy atom. The zero-order chi connectivity index (χ0) is 14.8. The summed E-state index contributed by atoms with van der Waals surface area (Å²) in [5.41, 5.74) is 11.0. The maximum atomic E-state index is 6.55. The highest BCUT2D eigenvalue weighted by atomic mass is 16.5. The number of hydrogen-bond acceptors (Lipinski definition) is 2. The largest absolute Gasteiger partial charge is 0.496 e. The molecule has 2 aromatic rings. The highest BCUT2D eigenvalue weighted by Gasteiger charge is 2.25. The first-order chi connectivity index (χ1) is 9.44. The Hall–Kier alpha value is -1.80. The zero-order valence-electron chi connectivity index (χ0n) is 12.7. The second-order valence-electron chi connectivity index (χ2n) is 5.71. The molecule has 20 heavy (non-hydrogen) atoms. The molecule has 2 rings (SSSR count). The standard InChI is InChI=1S/C18H23NO/c1-13-9-10-15(11-14(13)2)12-18(3,19)16-7-5-6-8-17(16)20-4/h5-11H,12,19H2,1-4H3. The summed E-state index contributed by atoms with van der Waals surface area (Å²) in [6, 6.07) is 14.5. The molecule has 2 N–H and O–H groups in total. The number of methoxy groups -OCH3 is 1. The summed E-state index contributed by atoms with van der Waals surface area (Å²) < 4.78 is 5.43. The minimum absolute atomic E-state index is 0.450. The molecule has 0 aliphatic carbocycles. The molecule has 2 aromatic carbocycles. The van der Waals surface area contributed by atoms with E-state index in [1.807, 2.05) is 24.3 Å². The molecule has 0 heterocycles. The monoisotopic (exact) mass is 269 g/mol. The molecule has 2 heteroatoms. The Bertz CT molecular complexity index is 602. The van der Waals surface area contributed by atoms with Crippen LogP contribution in [0.3, 0.4) is 0 Å². The second kappa shape index (κ2) is 5.68. The van der Waals surface area contributed by atoms with Gasteiger partial charge in [0.2, 0.25) is 0 Å². The van der Waals surface area contributed by atoms with Crippen molar-refractivity contribution in [3.63, 3.8) is 0 Å². The van der Waals surface area contributed by atoms with Gasteiger partial charge in [0.25, 0.3) is 0 Å². The fourth-order valence-electron chi connectivity index (χ4n) is 2.55. The molecule has 1 unspecified atom stereocenters. The average molecular weight is 269 g/mol. The van der Waals surface area contributed by atoms with Gasteiger partial charge in [0.05, 0.1) is 7.11 Å². The molecule has 0 bridgehead atoms. The van der Waals surface area contributed by atoms with E-state index in [0.29, 0.717) is 0 Å². The summed E-state index contributed by atoms with van der Waals surface area (Å²) >= 11 is 0. The maximum Gasteiger partial charge on any atom is 0.123 e. The number of nitrogens with two attached hydrogens (primary N) is 1. The van der Waals surface area contributed by atoms with Crippen LogP contribution in [0.4, 0.5) is 0 Å². The van der Waals surface area contributed by atoms with Gasteiger partial charge in [-0.1, -0.05) is 36.4 Å². The van der Waals surface area contributed by atoms with E-state index >= 15 is 0 Å². The van der Waals surface area contributed by atoms with Gasteiger partial charge < -0.3 is 10.5 Å². The molecule has 2 nitrogen and oxygen atoms in total. The summed E-state index contributed by atoms with van der Waals surface area (Å²) in [5.74, 6) is 0.848. The third-order valence-electron chi connectivity index (χ3n) is 3.86. The lowest BCUT2D eigenvalue weighted by Crippen LogP contribution is -2.35. The minimum atomic E-state index is -0.450. The first-order valence-corrected chi connectivity index (χ1v) is 6.92. The molecule has 0 aliphatic heterocycles. The number of benzene rings is 2. The molecule has 0 radical (unpaired) electrons. The van der Waals surface area contributed by atoms with Crippen molar-refractivity contribution in [3.05, 3.63) is 64.7 Å². The van der Waals surface area contributed by atoms with E-state index in [0.717, 1.165) is 17.7 Å². The Balaban J connectivity index is 2.32. The van der Waals surface area contributed by atoms with Crippen LogP contribution in [0.25, 0.3) is 0 Å². The molecule has 0 aliphatic rings. The molecular weight excluding hydrogens is 246 g/mol. The Labute approximate surface area is 121 Å². The van der Waals surface area contributed by atoms with E-state index in [2.05, 4.69) is 39.0 Å². The van der Waals surface area contributed by atoms with Gasteiger partial charge in [0.1, 0.15) is 5.75 Å². The third-order valence-corrected chi connectivity index (χ3v) is 3.86. The fourth-order valence-corrected chi connectivity index (χ4v) is 2.55. The van der Waals surface area contributed by atoms with E-state index in [1.54, 1.807) is 7.11 Å². The normalized spacial score (nSPS) is 13.8. The molecule has 0 fully saturated rings. The lowest BCUT2D eigenvalue weighted by atomic mass is 9.85. The first-order valence-electron chi connectivity index (χ1n) is 6.92. The predicted octanol–water partition coefficient (Wildman–Crippen LogP) is 3.73. The van der Waals surface area contributed by atoms with Crippen LogP contribution in [0.2, 0.25) is 0 Å². The van der Waals surface area contributed by atoms with Crippen LogP contribution in [-0.4, -0.2) is 7.11 Å². The van der Waals surface area contributed by atoms with Crippen molar-refractivity contribution in [3.8, 4) is 5.75 Å². The maximum absolute atomic E-state index is 6.55. The number of aryl methyl sites for hydroxylation is 2. The van der Waals surface area contributed by atoms with Crippen LogP contribution in [-0.2, 0) is 12.0 Å². The highest BCUT2D eigenvalue weighted by Crippen LogP contribution is 2.30. The second-order valence-corrected chi connectivity index (χ2v) is 5.71. The molecule has 0 aromatic heterocycles. The SMILES string of the molecule is COc1ccccc1C(C)(N)Cc1ccc(C)c(C)c1. The molecule has 0 amide bonds. The third kappa shape index (κ3) is 3.02. The minimum Gasteiger partial charge on any atom is -0.496 e. The molecule has 0 saturated heterocycles. The number of ether oxygens (including phenoxy) is 1. The van der Waals surface area contributed by atoms with Crippen molar-refractivity contribution < 1.29 is 4.74 Å². The van der Waals surface area contributed by atoms with Crippen LogP contribution in [0.5, 0.6) is 5.75 Å². The van der Waals surface area contributed by atoms with Gasteiger partial charge in [0.15, 0.2) is 0 Å². The van der Waals surface area contributed by atoms with Crippen molar-refractivity contribution in [2.45, 2.75) is 32.7 Å². The lowest BCUT2D eigenvalue weighted by molar-refractivity contribution is 0.386. The number of para-hydroxylation sites is 1. The molecule has 0 saturated carbocycles. The van der Waals surface area contributed by atoms with Crippen molar-refractivity contribution >= 4 is 0 Å². The summed E-state index contributed by atoms with van der Waals surface area (Å²) in [6.07, 6.45) is 0.786. The summed E-state index contributed by atoms with van der Waals surface area (Å²) in [6.45, 7) is 6.32. The van der Waals surface area contributed by atoms with Crippen LogP contribution in [0, 0.1) is 13.8 Å². The van der Waals surface area contributed by atoms with Gasteiger partial charge in [-0.25, -0.2) is 0 Å². The molecule has 0 spiro atoms. The van der Waals surface area contributed by atoms with Crippen molar-refractivity contribution in [2.24, 2.45) is 5.73 Å². The van der Waals surface area contributed by atoms with Gasteiger partial charge in [-0.3, -0.25) is 0 Å². The summed E-state index contributed by atoms with van der Waals surface area (Å²) in [4.78, 5) is 0. The quantitative estimate of drug-likeness (QED) is 0.918. The van der Waals surface area contributed by atoms with Gasteiger partial charge in [0, 0.05) is 11.1 Å². The lowest BCUT2D eigenvalue weighted by Gasteiger charge is -2.27. The van der Waals surface area contributed by atoms with Crippen molar-refractivity contribution in [1.29, 1.82) is 0 Å². The molecule has 1 atom stereocenters. The van der Waals surface area contributed by atoms with Crippen LogP contribution in [0.15, 0.2) is 42.5 Å². The summed E-state index contributed by atoms with van der Waals surface area (Å²) in [7, 11) is 1.69. The molecule has 106 valence electrons. The van der Waals surface area contributed by atoms with Crippen LogP contribution >= 0.6 is 0 Å². The van der Waals surface area contributed by atoms with Crippen molar-refractivity contribution in [2.75, 3.05) is 7.11 Å². The zero-order valence-corrected chi connectivity index (χ0v) is 12.7. The van der Waals surface area contributed by atoms with E-state index in [-0.39, 0.29) is 0 Å². The topological polar surface area (TPSA) is 35.2 Å². The first kappa shape index (κ1) is 14.6. The number of rotatable bonds is 4. The summed E-state index contributed by atoms with van der Waals surface area (Å²) in [5, 5.41) is 0. The smallest absolute Gasteiger partial charge is 0.123 e. The van der Waals surface area contributed by atoms with Crippen molar-refractivity contribution in [1.82, 2.24) is 0 Å². The average Bonchev–Trinajstić information content (AvgIpc) is 2.42. The Morgan fingerprint density at radius 2 is 1.75 bits per heavy atom. The highest BCUT2D eigenvalue weighted by molar-refractivity contribution is 5.40. The van der Waals surface area contributed by atoms with E-state index < -0.39 is 5.54 Å².